The lowest BCUT2D eigenvalue weighted by molar-refractivity contribution is -0.385. The predicted molar refractivity (Wildman–Crippen MR) is 126 cm³/mol. The van der Waals surface area contributed by atoms with Crippen molar-refractivity contribution in [1.82, 2.24) is 0 Å². The second-order valence-electron chi connectivity index (χ2n) is 8.11. The Morgan fingerprint density at radius 2 is 1.52 bits per heavy atom. The Labute approximate surface area is 187 Å². The van der Waals surface area contributed by atoms with Crippen LogP contribution in [0.2, 0.25) is 0 Å². The summed E-state index contributed by atoms with van der Waals surface area (Å²) in [5, 5.41) is 11.1. The van der Waals surface area contributed by atoms with E-state index >= 15 is 0 Å². The van der Waals surface area contributed by atoms with Crippen LogP contribution in [0.3, 0.4) is 0 Å². The van der Waals surface area contributed by atoms with E-state index in [-0.39, 0.29) is 11.4 Å². The van der Waals surface area contributed by atoms with Gasteiger partial charge in [0.1, 0.15) is 0 Å². The lowest BCUT2D eigenvalue weighted by Gasteiger charge is -2.25. The molecule has 0 heterocycles. The average Bonchev–Trinajstić information content (AvgIpc) is 2.73. The van der Waals surface area contributed by atoms with Crippen LogP contribution >= 0.6 is 0 Å². The fourth-order valence-corrected chi connectivity index (χ4v) is 4.26. The lowest BCUT2D eigenvalue weighted by atomic mass is 10.1. The molecule has 0 aliphatic rings. The lowest BCUT2D eigenvalue weighted by Crippen LogP contribution is -2.28. The molecule has 0 aliphatic heterocycles. The Balaban J connectivity index is 2.54. The van der Waals surface area contributed by atoms with Crippen molar-refractivity contribution in [1.29, 1.82) is 0 Å². The molecule has 9 heteroatoms. The molecular formula is C22H39N3O5S. The fraction of sp³-hybridized carbons (Fsp3) is 0.727. The third kappa shape index (κ3) is 11.5. The molecule has 0 aromatic heterocycles. The molecule has 0 amide bonds. The second kappa shape index (κ2) is 15.2. The van der Waals surface area contributed by atoms with Crippen LogP contribution in [0.1, 0.15) is 83.1 Å². The van der Waals surface area contributed by atoms with E-state index in [1.54, 1.807) is 19.1 Å². The third-order valence-corrected chi connectivity index (χ3v) is 6.57. The topological polar surface area (TPSA) is 116 Å². The van der Waals surface area contributed by atoms with Crippen molar-refractivity contribution in [2.75, 3.05) is 23.7 Å². The van der Waals surface area contributed by atoms with Gasteiger partial charge in [-0.3, -0.25) is 10.1 Å². The van der Waals surface area contributed by atoms with Crippen LogP contribution in [0.25, 0.3) is 0 Å². The highest BCUT2D eigenvalue weighted by Gasteiger charge is 2.15. The van der Waals surface area contributed by atoms with E-state index in [1.807, 2.05) is 0 Å². The molecule has 0 radical (unpaired) electrons. The predicted octanol–water partition coefficient (Wildman–Crippen LogP) is 5.24. The van der Waals surface area contributed by atoms with Gasteiger partial charge in [-0.1, -0.05) is 64.7 Å². The molecule has 0 saturated heterocycles. The Morgan fingerprint density at radius 1 is 0.968 bits per heavy atom. The fourth-order valence-electron chi connectivity index (χ4n) is 3.68. The van der Waals surface area contributed by atoms with Gasteiger partial charge in [-0.15, -0.1) is 0 Å². The molecule has 0 bridgehead atoms. The molecule has 178 valence electrons. The van der Waals surface area contributed by atoms with Crippen molar-refractivity contribution in [2.24, 2.45) is 5.90 Å². The van der Waals surface area contributed by atoms with E-state index in [9.17, 15) is 18.5 Å². The summed E-state index contributed by atoms with van der Waals surface area (Å²) >= 11 is 0. The molecule has 1 aromatic rings. The maximum atomic E-state index is 11.5. The first kappa shape index (κ1) is 27.3. The molecule has 0 atom stereocenters. The molecule has 0 unspecified atom stereocenters. The number of nitro groups is 1. The normalized spacial score (nSPS) is 11.6. The highest BCUT2D eigenvalue weighted by Crippen LogP contribution is 2.25. The highest BCUT2D eigenvalue weighted by atomic mass is 32.2. The first-order valence-corrected chi connectivity index (χ1v) is 13.0. The summed E-state index contributed by atoms with van der Waals surface area (Å²) in [6.45, 7) is 5.23. The van der Waals surface area contributed by atoms with Crippen molar-refractivity contribution in [2.45, 2.75) is 84.5 Å². The number of hydrogen-bond donors (Lipinski definition) is 1. The number of aryl methyl sites for hydroxylation is 1. The minimum atomic E-state index is -3.71. The third-order valence-electron chi connectivity index (χ3n) is 5.49. The zero-order valence-corrected chi connectivity index (χ0v) is 19.9. The Bertz CT molecular complexity index is 756. The van der Waals surface area contributed by atoms with E-state index in [0.29, 0.717) is 18.5 Å². The Kier molecular flexibility index (Phi) is 13.4. The number of nitrogens with zero attached hydrogens (tertiary/aromatic N) is 2. The van der Waals surface area contributed by atoms with Crippen LogP contribution < -0.4 is 10.8 Å². The molecule has 1 rings (SSSR count). The van der Waals surface area contributed by atoms with E-state index in [0.717, 1.165) is 25.1 Å². The van der Waals surface area contributed by atoms with Crippen LogP contribution in [0.5, 0.6) is 0 Å². The van der Waals surface area contributed by atoms with Crippen molar-refractivity contribution in [3.63, 3.8) is 0 Å². The summed E-state index contributed by atoms with van der Waals surface area (Å²) in [6.07, 6.45) is 12.8. The minimum Gasteiger partial charge on any atom is -0.371 e. The molecule has 0 fully saturated rings. The Morgan fingerprint density at radius 3 is 2.03 bits per heavy atom. The van der Waals surface area contributed by atoms with Gasteiger partial charge >= 0.3 is 0 Å². The largest absolute Gasteiger partial charge is 0.371 e. The summed E-state index contributed by atoms with van der Waals surface area (Å²) < 4.78 is 27.0. The van der Waals surface area contributed by atoms with Crippen molar-refractivity contribution < 1.29 is 17.6 Å². The monoisotopic (exact) mass is 457 g/mol. The zero-order chi connectivity index (χ0) is 23.1. The minimum absolute atomic E-state index is 0.0850. The smallest absolute Gasteiger partial charge is 0.283 e. The summed E-state index contributed by atoms with van der Waals surface area (Å²) in [4.78, 5) is 12.8. The van der Waals surface area contributed by atoms with Crippen LogP contribution in [-0.4, -0.2) is 32.2 Å². The molecule has 2 N–H and O–H groups in total. The zero-order valence-electron chi connectivity index (χ0n) is 19.1. The van der Waals surface area contributed by atoms with Gasteiger partial charge in [-0.05, 0) is 31.9 Å². The van der Waals surface area contributed by atoms with Gasteiger partial charge in [0.2, 0.25) is 0 Å². The first-order chi connectivity index (χ1) is 14.8. The van der Waals surface area contributed by atoms with Gasteiger partial charge in [0, 0.05) is 30.4 Å². The van der Waals surface area contributed by atoms with Gasteiger partial charge in [-0.2, -0.15) is 18.6 Å². The van der Waals surface area contributed by atoms with Gasteiger partial charge in [0.05, 0.1) is 10.7 Å². The Hall–Kier alpha value is -1.71. The van der Waals surface area contributed by atoms with Crippen molar-refractivity contribution >= 4 is 21.5 Å². The van der Waals surface area contributed by atoms with Crippen LogP contribution in [-0.2, 0) is 14.4 Å². The number of anilines is 1. The summed E-state index contributed by atoms with van der Waals surface area (Å²) in [7, 11) is -3.71. The standard InChI is InChI=1S/C22H39N3O5S/c1-3-4-5-6-7-8-9-10-11-12-16-24(17-13-18-31(28,29)30-23)21-14-15-22(25(26)27)20(2)19-21/h14-15,19H,3-13,16-18,23H2,1-2H3. The van der Waals surface area contributed by atoms with E-state index < -0.39 is 15.0 Å². The molecule has 8 nitrogen and oxygen atoms in total. The van der Waals surface area contributed by atoms with Gasteiger partial charge < -0.3 is 4.90 Å². The quantitative estimate of drug-likeness (QED) is 0.182. The van der Waals surface area contributed by atoms with Crippen LogP contribution in [0.4, 0.5) is 11.4 Å². The molecule has 0 spiro atoms. The van der Waals surface area contributed by atoms with Gasteiger partial charge in [0.25, 0.3) is 15.8 Å². The number of rotatable bonds is 18. The van der Waals surface area contributed by atoms with Crippen molar-refractivity contribution in [3.05, 3.63) is 33.9 Å². The average molecular weight is 458 g/mol. The molecule has 1 aromatic carbocycles. The molecular weight excluding hydrogens is 418 g/mol. The summed E-state index contributed by atoms with van der Waals surface area (Å²) in [6, 6.07) is 5.04. The maximum Gasteiger partial charge on any atom is 0.283 e. The molecule has 31 heavy (non-hydrogen) atoms. The molecule has 0 aliphatic carbocycles. The number of nitro benzene ring substituents is 1. The SMILES string of the molecule is CCCCCCCCCCCCN(CCCS(=O)(=O)ON)c1ccc([N+](=O)[O-])c(C)c1. The van der Waals surface area contributed by atoms with Gasteiger partial charge in [-0.25, -0.2) is 0 Å². The summed E-state index contributed by atoms with van der Waals surface area (Å²) in [5.74, 6) is 4.64. The number of nitrogens with two attached hydrogens (primary N) is 1. The van der Waals surface area contributed by atoms with E-state index in [2.05, 4.69) is 16.1 Å². The highest BCUT2D eigenvalue weighted by molar-refractivity contribution is 7.86. The number of unbranched alkanes of at least 4 members (excludes halogenated alkanes) is 9. The second-order valence-corrected chi connectivity index (χ2v) is 9.82. The number of hydrogen-bond acceptors (Lipinski definition) is 7. The van der Waals surface area contributed by atoms with Crippen LogP contribution in [0.15, 0.2) is 18.2 Å². The van der Waals surface area contributed by atoms with Gasteiger partial charge in [0.15, 0.2) is 0 Å². The van der Waals surface area contributed by atoms with E-state index in [4.69, 9.17) is 5.90 Å². The summed E-state index contributed by atoms with van der Waals surface area (Å²) in [5.41, 5.74) is 1.54. The first-order valence-electron chi connectivity index (χ1n) is 11.4. The maximum absolute atomic E-state index is 11.5. The number of benzene rings is 1. The van der Waals surface area contributed by atoms with Crippen LogP contribution in [0, 0.1) is 17.0 Å². The van der Waals surface area contributed by atoms with Crippen molar-refractivity contribution in [3.8, 4) is 0 Å². The molecule has 0 saturated carbocycles. The van der Waals surface area contributed by atoms with E-state index in [1.165, 1.54) is 57.4 Å².